The summed E-state index contributed by atoms with van der Waals surface area (Å²) in [6.07, 6.45) is 5.08. The van der Waals surface area contributed by atoms with Crippen molar-refractivity contribution >= 4 is 11.7 Å². The second-order valence-corrected chi connectivity index (χ2v) is 11.5. The van der Waals surface area contributed by atoms with Crippen LogP contribution in [0.4, 0.5) is 0 Å². The summed E-state index contributed by atoms with van der Waals surface area (Å²) in [4.78, 5) is 29.3. The molecule has 0 radical (unpaired) electrons. The van der Waals surface area contributed by atoms with Gasteiger partial charge in [-0.2, -0.15) is 0 Å². The molecule has 4 saturated carbocycles. The molecule has 0 unspecified atom stereocenters. The molecule has 4 bridgehead atoms. The monoisotopic (exact) mass is 427 g/mol. The van der Waals surface area contributed by atoms with E-state index in [0.29, 0.717) is 51.6 Å². The minimum atomic E-state index is -0.946. The van der Waals surface area contributed by atoms with Crippen molar-refractivity contribution in [3.8, 4) is 0 Å². The van der Waals surface area contributed by atoms with Crippen molar-refractivity contribution in [2.45, 2.75) is 69.7 Å². The number of Topliss-reactive ketones (excluding diaryl/α,β-unsaturated/α-hetero) is 1. The average Bonchev–Trinajstić information content (AvgIpc) is 3.16. The van der Waals surface area contributed by atoms with Gasteiger partial charge < -0.3 is 20.2 Å². The van der Waals surface area contributed by atoms with Crippen LogP contribution in [0, 0.1) is 34.5 Å². The van der Waals surface area contributed by atoms with Gasteiger partial charge in [-0.25, -0.2) is 0 Å². The van der Waals surface area contributed by atoms with Crippen molar-refractivity contribution < 1.29 is 24.9 Å². The SMILES string of the molecule is C=C1C[C@]23C[C@@]1(O)CC[C@H]2C1=C[C@H]2CC(=O)[C@@](C)([C@H]1[C@@H]3C(=O)N1CCC(O)CC1)[C@H]2O. The number of rotatable bonds is 1. The van der Waals surface area contributed by atoms with Gasteiger partial charge in [0.05, 0.1) is 29.1 Å². The van der Waals surface area contributed by atoms with Crippen LogP contribution >= 0.6 is 0 Å². The van der Waals surface area contributed by atoms with Gasteiger partial charge in [-0.1, -0.05) is 18.2 Å². The fraction of sp³-hybridized carbons (Fsp3) is 0.760. The summed E-state index contributed by atoms with van der Waals surface area (Å²) in [5, 5.41) is 32.4. The first-order chi connectivity index (χ1) is 14.6. The van der Waals surface area contributed by atoms with Gasteiger partial charge in [-0.15, -0.1) is 0 Å². The topological polar surface area (TPSA) is 98.1 Å². The van der Waals surface area contributed by atoms with Crippen molar-refractivity contribution in [3.05, 3.63) is 23.8 Å². The van der Waals surface area contributed by atoms with Gasteiger partial charge in [0.15, 0.2) is 0 Å². The van der Waals surface area contributed by atoms with Gasteiger partial charge >= 0.3 is 0 Å². The summed E-state index contributed by atoms with van der Waals surface area (Å²) < 4.78 is 0. The lowest BCUT2D eigenvalue weighted by molar-refractivity contribution is -0.150. The van der Waals surface area contributed by atoms with Crippen LogP contribution in [0.15, 0.2) is 23.8 Å². The first-order valence-electron chi connectivity index (χ1n) is 11.9. The van der Waals surface area contributed by atoms with Crippen LogP contribution in [-0.2, 0) is 9.59 Å². The number of hydrogen-bond acceptors (Lipinski definition) is 5. The van der Waals surface area contributed by atoms with E-state index in [1.807, 2.05) is 11.8 Å². The van der Waals surface area contributed by atoms with Crippen LogP contribution in [0.25, 0.3) is 0 Å². The molecule has 1 saturated heterocycles. The van der Waals surface area contributed by atoms with Gasteiger partial charge in [0.2, 0.25) is 5.91 Å². The highest BCUT2D eigenvalue weighted by molar-refractivity contribution is 5.92. The molecule has 0 aromatic rings. The molecular weight excluding hydrogens is 394 g/mol. The Morgan fingerprint density at radius 1 is 1.23 bits per heavy atom. The Morgan fingerprint density at radius 2 is 1.94 bits per heavy atom. The van der Waals surface area contributed by atoms with E-state index in [1.165, 1.54) is 5.57 Å². The van der Waals surface area contributed by atoms with Gasteiger partial charge in [-0.3, -0.25) is 9.59 Å². The highest BCUT2D eigenvalue weighted by Gasteiger charge is 2.74. The Balaban J connectivity index is 1.50. The highest BCUT2D eigenvalue weighted by Crippen LogP contribution is 2.74. The maximum Gasteiger partial charge on any atom is 0.226 e. The number of nitrogens with zero attached hydrogens (tertiary/aromatic N) is 1. The highest BCUT2D eigenvalue weighted by atomic mass is 16.3. The molecular formula is C25H33NO5. The third kappa shape index (κ3) is 2.29. The summed E-state index contributed by atoms with van der Waals surface area (Å²) in [7, 11) is 0. The van der Waals surface area contributed by atoms with E-state index in [0.717, 1.165) is 12.0 Å². The third-order valence-electron chi connectivity index (χ3n) is 10.2. The predicted molar refractivity (Wildman–Crippen MR) is 113 cm³/mol. The Kier molecular flexibility index (Phi) is 3.95. The van der Waals surface area contributed by atoms with Crippen molar-refractivity contribution in [3.63, 3.8) is 0 Å². The van der Waals surface area contributed by atoms with Gasteiger partial charge in [0.1, 0.15) is 5.78 Å². The molecule has 1 heterocycles. The average molecular weight is 428 g/mol. The summed E-state index contributed by atoms with van der Waals surface area (Å²) >= 11 is 0. The maximum atomic E-state index is 14.2. The lowest BCUT2D eigenvalue weighted by atomic mass is 9.60. The molecule has 0 aromatic heterocycles. The standard InChI is InChI=1S/C25H33NO5/c1-13-11-24-12-25(13,31)6-3-17(24)16-9-14-10-18(28)23(2,21(14)29)19(16)20(24)22(30)26-7-4-15(27)5-8-26/h9,14-15,17,19-21,27,29,31H,1,3-8,10-12H2,2H3/t14-,17-,19+,20+,21-,23-,24-,25-/m0/s1. The van der Waals surface area contributed by atoms with E-state index in [4.69, 9.17) is 0 Å². The number of likely N-dealkylation sites (tertiary alicyclic amines) is 1. The summed E-state index contributed by atoms with van der Waals surface area (Å²) in [5.41, 5.74) is -0.289. The second kappa shape index (κ2) is 6.09. The molecule has 6 aliphatic rings. The number of amides is 1. The second-order valence-electron chi connectivity index (χ2n) is 11.5. The van der Waals surface area contributed by atoms with Crippen molar-refractivity contribution in [2.75, 3.05) is 13.1 Å². The number of carbonyl (C=O) groups is 2. The molecule has 168 valence electrons. The Hall–Kier alpha value is -1.50. The van der Waals surface area contributed by atoms with Crippen molar-refractivity contribution in [2.24, 2.45) is 34.5 Å². The third-order valence-corrected chi connectivity index (χ3v) is 10.2. The fourth-order valence-corrected chi connectivity index (χ4v) is 8.65. The molecule has 6 rings (SSSR count). The van der Waals surface area contributed by atoms with E-state index in [-0.39, 0.29) is 35.5 Å². The van der Waals surface area contributed by atoms with Crippen LogP contribution < -0.4 is 0 Å². The van der Waals surface area contributed by atoms with E-state index in [2.05, 4.69) is 12.7 Å². The molecule has 5 fully saturated rings. The fourth-order valence-electron chi connectivity index (χ4n) is 8.65. The molecule has 6 heteroatoms. The van der Waals surface area contributed by atoms with E-state index >= 15 is 0 Å². The lowest BCUT2D eigenvalue weighted by Crippen LogP contribution is -2.54. The Labute approximate surface area is 183 Å². The van der Waals surface area contributed by atoms with Gasteiger partial charge in [0.25, 0.3) is 0 Å². The zero-order valence-corrected chi connectivity index (χ0v) is 18.2. The normalized spacial score (nSPS) is 51.0. The van der Waals surface area contributed by atoms with Crippen LogP contribution in [0.3, 0.4) is 0 Å². The molecule has 1 aliphatic heterocycles. The molecule has 8 atom stereocenters. The number of aliphatic hydroxyl groups is 3. The quantitative estimate of drug-likeness (QED) is 0.552. The minimum Gasteiger partial charge on any atom is -0.393 e. The Morgan fingerprint density at radius 3 is 2.65 bits per heavy atom. The van der Waals surface area contributed by atoms with Gasteiger partial charge in [-0.05, 0) is 62.4 Å². The molecule has 0 aromatic carbocycles. The number of carbonyl (C=O) groups excluding carboxylic acids is 2. The van der Waals surface area contributed by atoms with Crippen LogP contribution in [0.5, 0.6) is 0 Å². The minimum absolute atomic E-state index is 0.0378. The number of fused-ring (bicyclic) bond motifs is 6. The smallest absolute Gasteiger partial charge is 0.226 e. The number of hydrogen-bond donors (Lipinski definition) is 3. The first kappa shape index (κ1) is 20.1. The number of piperidine rings is 1. The van der Waals surface area contributed by atoms with Crippen molar-refractivity contribution in [1.29, 1.82) is 0 Å². The molecule has 31 heavy (non-hydrogen) atoms. The molecule has 1 spiro atoms. The van der Waals surface area contributed by atoms with Crippen LogP contribution in [0.1, 0.15) is 51.9 Å². The molecule has 6 nitrogen and oxygen atoms in total. The first-order valence-corrected chi connectivity index (χ1v) is 11.9. The lowest BCUT2D eigenvalue weighted by Gasteiger charge is -2.45. The number of allylic oxidation sites excluding steroid dienone is 1. The maximum absolute atomic E-state index is 14.2. The largest absolute Gasteiger partial charge is 0.393 e. The Bertz CT molecular complexity index is 919. The van der Waals surface area contributed by atoms with E-state index in [9.17, 15) is 24.9 Å². The summed E-state index contributed by atoms with van der Waals surface area (Å²) in [5.74, 6) is -0.656. The summed E-state index contributed by atoms with van der Waals surface area (Å²) in [6.45, 7) is 7.12. The molecule has 3 N–H and O–H groups in total. The van der Waals surface area contributed by atoms with Crippen LogP contribution in [-0.4, -0.2) is 62.8 Å². The number of ketones is 1. The number of aliphatic hydroxyl groups excluding tert-OH is 2. The van der Waals surface area contributed by atoms with E-state index in [1.54, 1.807) is 0 Å². The van der Waals surface area contributed by atoms with Crippen molar-refractivity contribution in [1.82, 2.24) is 4.90 Å². The summed E-state index contributed by atoms with van der Waals surface area (Å²) in [6, 6.07) is 0. The zero-order chi connectivity index (χ0) is 21.9. The van der Waals surface area contributed by atoms with E-state index < -0.39 is 28.5 Å². The van der Waals surface area contributed by atoms with Gasteiger partial charge in [0, 0.05) is 31.3 Å². The molecule has 5 aliphatic carbocycles. The van der Waals surface area contributed by atoms with Crippen LogP contribution in [0.2, 0.25) is 0 Å². The zero-order valence-electron chi connectivity index (χ0n) is 18.2. The predicted octanol–water partition coefficient (Wildman–Crippen LogP) is 1.59. The molecule has 1 amide bonds.